The third kappa shape index (κ3) is 4.21. The molecular formula is C17H26O4. The molecule has 1 aromatic carbocycles. The van der Waals surface area contributed by atoms with Crippen LogP contribution in [0.25, 0.3) is 0 Å². The van der Waals surface area contributed by atoms with E-state index in [0.29, 0.717) is 5.56 Å². The molecule has 0 unspecified atom stereocenters. The number of phenols is 1. The molecule has 4 nitrogen and oxygen atoms in total. The number of ether oxygens (including phenoxy) is 1. The van der Waals surface area contributed by atoms with E-state index < -0.39 is 5.97 Å². The zero-order chi connectivity index (χ0) is 16.4. The van der Waals surface area contributed by atoms with E-state index in [0.717, 1.165) is 5.56 Å². The maximum Gasteiger partial charge on any atom is 0.342 e. The number of hydrogen-bond donors (Lipinski definition) is 2. The first kappa shape index (κ1) is 17.5. The Kier molecular flexibility index (Phi) is 5.05. The molecule has 1 aromatic rings. The lowest BCUT2D eigenvalue weighted by Crippen LogP contribution is -2.19. The van der Waals surface area contributed by atoms with Crippen molar-refractivity contribution in [1.82, 2.24) is 0 Å². The van der Waals surface area contributed by atoms with Crippen LogP contribution in [0.4, 0.5) is 0 Å². The number of aliphatic hydroxyl groups is 1. The van der Waals surface area contributed by atoms with E-state index in [2.05, 4.69) is 20.8 Å². The second-order valence-corrected chi connectivity index (χ2v) is 7.28. The predicted octanol–water partition coefficient (Wildman–Crippen LogP) is 3.14. The van der Waals surface area contributed by atoms with Crippen LogP contribution < -0.4 is 0 Å². The van der Waals surface area contributed by atoms with E-state index in [1.165, 1.54) is 0 Å². The summed E-state index contributed by atoms with van der Waals surface area (Å²) in [6.45, 7) is 11.8. The lowest BCUT2D eigenvalue weighted by Gasteiger charge is -2.27. The van der Waals surface area contributed by atoms with Crippen LogP contribution in [0.5, 0.6) is 5.75 Å². The molecule has 118 valence electrons. The zero-order valence-electron chi connectivity index (χ0n) is 13.8. The number of benzene rings is 1. The molecule has 0 heterocycles. The van der Waals surface area contributed by atoms with Crippen LogP contribution in [0.15, 0.2) is 12.1 Å². The lowest BCUT2D eigenvalue weighted by atomic mass is 9.79. The van der Waals surface area contributed by atoms with E-state index >= 15 is 0 Å². The van der Waals surface area contributed by atoms with Gasteiger partial charge in [-0.3, -0.25) is 0 Å². The smallest absolute Gasteiger partial charge is 0.342 e. The molecule has 21 heavy (non-hydrogen) atoms. The fourth-order valence-electron chi connectivity index (χ4n) is 2.01. The molecule has 0 aliphatic heterocycles. The minimum absolute atomic E-state index is 0.0431. The molecule has 4 heteroatoms. The van der Waals surface area contributed by atoms with E-state index in [1.807, 2.05) is 26.8 Å². The first-order chi connectivity index (χ1) is 9.48. The third-order valence-electron chi connectivity index (χ3n) is 3.33. The summed E-state index contributed by atoms with van der Waals surface area (Å²) in [5, 5.41) is 19.2. The highest BCUT2D eigenvalue weighted by Gasteiger charge is 2.27. The molecule has 2 N–H and O–H groups in total. The number of aromatic hydroxyl groups is 1. The molecule has 1 rings (SSSR count). The maximum absolute atomic E-state index is 12.1. The van der Waals surface area contributed by atoms with Crippen molar-refractivity contribution in [1.29, 1.82) is 0 Å². The highest BCUT2D eigenvalue weighted by Crippen LogP contribution is 2.37. The fourth-order valence-corrected chi connectivity index (χ4v) is 2.01. The van der Waals surface area contributed by atoms with Gasteiger partial charge in [0.15, 0.2) is 0 Å². The minimum atomic E-state index is -0.613. The Bertz CT molecular complexity index is 519. The number of esters is 1. The average molecular weight is 294 g/mol. The highest BCUT2D eigenvalue weighted by molar-refractivity contribution is 5.93. The molecule has 0 bridgehead atoms. The molecule has 0 aromatic heterocycles. The Morgan fingerprint density at radius 1 is 1.10 bits per heavy atom. The number of aliphatic hydroxyl groups excluding tert-OH is 1. The van der Waals surface area contributed by atoms with E-state index in [9.17, 15) is 9.90 Å². The van der Waals surface area contributed by atoms with Gasteiger partial charge in [-0.25, -0.2) is 4.79 Å². The topological polar surface area (TPSA) is 66.8 Å². The SMILES string of the molecule is CC(C)(C)c1cc(C(=O)OCCO)c(O)c(C(C)(C)C)c1. The number of carbonyl (C=O) groups is 1. The Hall–Kier alpha value is -1.55. The molecule has 0 atom stereocenters. The first-order valence-electron chi connectivity index (χ1n) is 7.14. The van der Waals surface area contributed by atoms with Crippen molar-refractivity contribution in [2.45, 2.75) is 52.4 Å². The molecule has 0 amide bonds. The van der Waals surface area contributed by atoms with Crippen LogP contribution in [-0.2, 0) is 15.6 Å². The van der Waals surface area contributed by atoms with Crippen LogP contribution >= 0.6 is 0 Å². The van der Waals surface area contributed by atoms with Crippen LogP contribution in [-0.4, -0.2) is 29.4 Å². The summed E-state index contributed by atoms with van der Waals surface area (Å²) < 4.78 is 4.94. The fraction of sp³-hybridized carbons (Fsp3) is 0.588. The predicted molar refractivity (Wildman–Crippen MR) is 82.9 cm³/mol. The van der Waals surface area contributed by atoms with Gasteiger partial charge in [-0.05, 0) is 22.5 Å². The van der Waals surface area contributed by atoms with Gasteiger partial charge in [0, 0.05) is 5.56 Å². The Morgan fingerprint density at radius 3 is 2.10 bits per heavy atom. The van der Waals surface area contributed by atoms with Gasteiger partial charge in [0.2, 0.25) is 0 Å². The molecule has 0 aliphatic carbocycles. The van der Waals surface area contributed by atoms with Crippen molar-refractivity contribution in [3.8, 4) is 5.75 Å². The Labute approximate surface area is 126 Å². The standard InChI is InChI=1S/C17H26O4/c1-16(2,3)11-9-12(15(20)21-8-7-18)14(19)13(10-11)17(4,5)6/h9-10,18-19H,7-8H2,1-6H3. The summed E-state index contributed by atoms with van der Waals surface area (Å²) >= 11 is 0. The van der Waals surface area contributed by atoms with Crippen LogP contribution in [0.3, 0.4) is 0 Å². The number of hydrogen-bond acceptors (Lipinski definition) is 4. The molecule has 0 aliphatic rings. The minimum Gasteiger partial charge on any atom is -0.507 e. The van der Waals surface area contributed by atoms with Gasteiger partial charge in [-0.1, -0.05) is 47.6 Å². The monoisotopic (exact) mass is 294 g/mol. The molecular weight excluding hydrogens is 268 g/mol. The van der Waals surface area contributed by atoms with Crippen molar-refractivity contribution in [2.24, 2.45) is 0 Å². The Balaban J connectivity index is 3.45. The molecule has 0 fully saturated rings. The van der Waals surface area contributed by atoms with Crippen LogP contribution in [0.1, 0.15) is 63.0 Å². The summed E-state index contributed by atoms with van der Waals surface area (Å²) in [5.41, 5.74) is 1.38. The first-order valence-corrected chi connectivity index (χ1v) is 7.14. The summed E-state index contributed by atoms with van der Waals surface area (Å²) in [7, 11) is 0. The molecule has 0 saturated heterocycles. The third-order valence-corrected chi connectivity index (χ3v) is 3.33. The van der Waals surface area contributed by atoms with Crippen molar-refractivity contribution >= 4 is 5.97 Å². The summed E-state index contributed by atoms with van der Waals surface area (Å²) in [4.78, 5) is 12.1. The summed E-state index contributed by atoms with van der Waals surface area (Å²) in [6, 6.07) is 3.61. The van der Waals surface area contributed by atoms with Crippen molar-refractivity contribution < 1.29 is 19.7 Å². The molecule has 0 radical (unpaired) electrons. The Morgan fingerprint density at radius 2 is 1.67 bits per heavy atom. The number of carbonyl (C=O) groups excluding carboxylic acids is 1. The summed E-state index contributed by atoms with van der Waals surface area (Å²) in [5.74, 6) is -0.656. The van der Waals surface area contributed by atoms with Crippen molar-refractivity contribution in [3.63, 3.8) is 0 Å². The van der Waals surface area contributed by atoms with E-state index in [-0.39, 0.29) is 35.4 Å². The summed E-state index contributed by atoms with van der Waals surface area (Å²) in [6.07, 6.45) is 0. The quantitative estimate of drug-likeness (QED) is 0.840. The van der Waals surface area contributed by atoms with Gasteiger partial charge < -0.3 is 14.9 Å². The maximum atomic E-state index is 12.1. The van der Waals surface area contributed by atoms with E-state index in [1.54, 1.807) is 6.07 Å². The van der Waals surface area contributed by atoms with Gasteiger partial charge in [0.1, 0.15) is 17.9 Å². The van der Waals surface area contributed by atoms with Crippen LogP contribution in [0, 0.1) is 0 Å². The van der Waals surface area contributed by atoms with Crippen molar-refractivity contribution in [2.75, 3.05) is 13.2 Å². The lowest BCUT2D eigenvalue weighted by molar-refractivity contribution is 0.0430. The second-order valence-electron chi connectivity index (χ2n) is 7.28. The highest BCUT2D eigenvalue weighted by atomic mass is 16.5. The molecule has 0 spiro atoms. The molecule has 0 saturated carbocycles. The van der Waals surface area contributed by atoms with Gasteiger partial charge in [-0.15, -0.1) is 0 Å². The van der Waals surface area contributed by atoms with Gasteiger partial charge >= 0.3 is 5.97 Å². The largest absolute Gasteiger partial charge is 0.507 e. The normalized spacial score (nSPS) is 12.3. The van der Waals surface area contributed by atoms with Gasteiger partial charge in [0.05, 0.1) is 6.61 Å². The van der Waals surface area contributed by atoms with Gasteiger partial charge in [0.25, 0.3) is 0 Å². The second kappa shape index (κ2) is 6.06. The van der Waals surface area contributed by atoms with E-state index in [4.69, 9.17) is 9.84 Å². The van der Waals surface area contributed by atoms with Gasteiger partial charge in [-0.2, -0.15) is 0 Å². The average Bonchev–Trinajstić information content (AvgIpc) is 2.33. The van der Waals surface area contributed by atoms with Crippen molar-refractivity contribution in [3.05, 3.63) is 28.8 Å². The number of rotatable bonds is 3. The van der Waals surface area contributed by atoms with Crippen LogP contribution in [0.2, 0.25) is 0 Å². The number of phenolic OH excluding ortho intramolecular Hbond substituents is 1. The zero-order valence-corrected chi connectivity index (χ0v) is 13.8.